The third-order valence-electron chi connectivity index (χ3n) is 5.08. The minimum Gasteiger partial charge on any atom is -0.480 e. The summed E-state index contributed by atoms with van der Waals surface area (Å²) in [7, 11) is 0. The molecule has 128 valence electrons. The first-order valence-electron chi connectivity index (χ1n) is 8.28. The van der Waals surface area contributed by atoms with Crippen LogP contribution in [-0.2, 0) is 11.3 Å². The van der Waals surface area contributed by atoms with Crippen molar-refractivity contribution in [1.82, 2.24) is 4.90 Å². The van der Waals surface area contributed by atoms with Gasteiger partial charge in [-0.25, -0.2) is 4.79 Å². The summed E-state index contributed by atoms with van der Waals surface area (Å²) in [4.78, 5) is 36.0. The lowest BCUT2D eigenvalue weighted by atomic mass is 9.84. The summed E-state index contributed by atoms with van der Waals surface area (Å²) in [6.07, 6.45) is 5.87. The molecule has 1 fully saturated rings. The van der Waals surface area contributed by atoms with E-state index >= 15 is 0 Å². The molecule has 3 rings (SSSR count). The Hall–Kier alpha value is -2.44. The van der Waals surface area contributed by atoms with Gasteiger partial charge in [0.2, 0.25) is 0 Å². The average Bonchev–Trinajstić information content (AvgIpc) is 2.89. The number of hydrogen-bond acceptors (Lipinski definition) is 4. The van der Waals surface area contributed by atoms with Gasteiger partial charge in [-0.1, -0.05) is 32.1 Å². The topological polar surface area (TPSA) is 101 Å². The monoisotopic (exact) mass is 332 g/mol. The average molecular weight is 332 g/mol. The van der Waals surface area contributed by atoms with Crippen molar-refractivity contribution in [2.75, 3.05) is 0 Å². The zero-order valence-electron chi connectivity index (χ0n) is 13.3. The molecule has 0 unspecified atom stereocenters. The smallest absolute Gasteiger partial charge is 0.326 e. The van der Waals surface area contributed by atoms with E-state index in [1.165, 1.54) is 23.5 Å². The number of carbonyl (C=O) groups is 2. The maximum atomic E-state index is 12.6. The molecule has 0 saturated heterocycles. The summed E-state index contributed by atoms with van der Waals surface area (Å²) in [6.45, 7) is 0.204. The minimum absolute atomic E-state index is 0.150. The van der Waals surface area contributed by atoms with E-state index in [1.54, 1.807) is 6.07 Å². The second kappa shape index (κ2) is 6.59. The Balaban J connectivity index is 1.80. The molecule has 0 spiro atoms. The minimum atomic E-state index is -1.00. The van der Waals surface area contributed by atoms with Crippen molar-refractivity contribution in [3.05, 3.63) is 39.4 Å². The van der Waals surface area contributed by atoms with Gasteiger partial charge < -0.3 is 10.0 Å². The van der Waals surface area contributed by atoms with Gasteiger partial charge in [0.1, 0.15) is 6.04 Å². The highest BCUT2D eigenvalue weighted by atomic mass is 16.6. The number of nitro benzene ring substituents is 1. The number of non-ortho nitro benzene ring substituents is 1. The van der Waals surface area contributed by atoms with E-state index in [2.05, 4.69) is 0 Å². The lowest BCUT2D eigenvalue weighted by molar-refractivity contribution is -0.384. The Morgan fingerprint density at radius 3 is 2.67 bits per heavy atom. The van der Waals surface area contributed by atoms with Crippen LogP contribution in [0.15, 0.2) is 18.2 Å². The first-order chi connectivity index (χ1) is 11.5. The van der Waals surface area contributed by atoms with Crippen molar-refractivity contribution < 1.29 is 19.6 Å². The Labute approximate surface area is 139 Å². The fourth-order valence-corrected chi connectivity index (χ4v) is 3.78. The molecule has 1 heterocycles. The van der Waals surface area contributed by atoms with E-state index in [0.717, 1.165) is 25.7 Å². The Bertz CT molecular complexity index is 682. The molecule has 1 aliphatic heterocycles. The summed E-state index contributed by atoms with van der Waals surface area (Å²) in [5.74, 6) is -1.10. The molecule has 1 aromatic rings. The van der Waals surface area contributed by atoms with Crippen LogP contribution < -0.4 is 0 Å². The normalized spacial score (nSPS) is 19.2. The van der Waals surface area contributed by atoms with Crippen molar-refractivity contribution in [1.29, 1.82) is 0 Å². The van der Waals surface area contributed by atoms with E-state index in [0.29, 0.717) is 17.9 Å². The number of carbonyl (C=O) groups excluding carboxylic acids is 1. The number of hydrogen-bond donors (Lipinski definition) is 1. The van der Waals surface area contributed by atoms with E-state index < -0.39 is 22.8 Å². The number of nitrogens with zero attached hydrogens (tertiary/aromatic N) is 2. The van der Waals surface area contributed by atoms with Crippen molar-refractivity contribution in [2.24, 2.45) is 5.92 Å². The van der Waals surface area contributed by atoms with Gasteiger partial charge in [-0.2, -0.15) is 0 Å². The third-order valence-corrected chi connectivity index (χ3v) is 5.08. The number of amides is 1. The molecular formula is C17H20N2O5. The summed E-state index contributed by atoms with van der Waals surface area (Å²) >= 11 is 0. The molecule has 2 aliphatic rings. The Morgan fingerprint density at radius 1 is 1.33 bits per heavy atom. The first kappa shape index (κ1) is 16.4. The number of carboxylic acid groups (broad SMARTS) is 1. The van der Waals surface area contributed by atoms with Gasteiger partial charge in [0.15, 0.2) is 0 Å². The first-order valence-corrected chi connectivity index (χ1v) is 8.28. The molecule has 1 atom stereocenters. The number of fused-ring (bicyclic) bond motifs is 1. The summed E-state index contributed by atoms with van der Waals surface area (Å²) < 4.78 is 0. The molecule has 0 radical (unpaired) electrons. The zero-order chi connectivity index (χ0) is 17.3. The van der Waals surface area contributed by atoms with Crippen LogP contribution in [0.25, 0.3) is 0 Å². The number of nitro groups is 1. The molecule has 1 aliphatic carbocycles. The van der Waals surface area contributed by atoms with E-state index in [1.807, 2.05) is 0 Å². The molecule has 7 heteroatoms. The van der Waals surface area contributed by atoms with Crippen LogP contribution in [0.3, 0.4) is 0 Å². The molecule has 0 aromatic heterocycles. The van der Waals surface area contributed by atoms with Gasteiger partial charge in [-0.05, 0) is 24.0 Å². The van der Waals surface area contributed by atoms with Gasteiger partial charge >= 0.3 is 5.97 Å². The molecule has 1 N–H and O–H groups in total. The summed E-state index contributed by atoms with van der Waals surface area (Å²) in [6, 6.07) is 3.28. The van der Waals surface area contributed by atoms with Crippen LogP contribution in [0, 0.1) is 16.0 Å². The van der Waals surface area contributed by atoms with Gasteiger partial charge in [0.05, 0.1) is 10.5 Å². The quantitative estimate of drug-likeness (QED) is 0.660. The third kappa shape index (κ3) is 3.11. The van der Waals surface area contributed by atoms with E-state index in [9.17, 15) is 24.8 Å². The number of benzene rings is 1. The summed E-state index contributed by atoms with van der Waals surface area (Å²) in [5, 5.41) is 20.5. The molecule has 1 saturated carbocycles. The van der Waals surface area contributed by atoms with Gasteiger partial charge in [-0.3, -0.25) is 14.9 Å². The van der Waals surface area contributed by atoms with Crippen molar-refractivity contribution in [2.45, 2.75) is 51.1 Å². The second-order valence-electron chi connectivity index (χ2n) is 6.63. The van der Waals surface area contributed by atoms with Crippen LogP contribution in [0.5, 0.6) is 0 Å². The van der Waals surface area contributed by atoms with Crippen molar-refractivity contribution >= 4 is 17.6 Å². The molecule has 1 amide bonds. The standard InChI is InChI=1S/C17H20N2O5/c20-16-14-9-13(19(23)24)7-6-12(14)10-18(16)15(17(21)22)8-11-4-2-1-3-5-11/h6-7,9,11,15H,1-5,8,10H2,(H,21,22)/t15-/m0/s1. The molecule has 1 aromatic carbocycles. The van der Waals surface area contributed by atoms with E-state index in [4.69, 9.17) is 0 Å². The number of carboxylic acids is 1. The highest BCUT2D eigenvalue weighted by Gasteiger charge is 2.38. The SMILES string of the molecule is O=C(O)[C@H](CC1CCCCC1)N1Cc2ccc([N+](=O)[O-])cc2C1=O. The van der Waals surface area contributed by atoms with E-state index in [-0.39, 0.29) is 17.8 Å². The lowest BCUT2D eigenvalue weighted by Crippen LogP contribution is -2.42. The fourth-order valence-electron chi connectivity index (χ4n) is 3.78. The van der Waals surface area contributed by atoms with Gasteiger partial charge in [0.25, 0.3) is 11.6 Å². The Kier molecular flexibility index (Phi) is 4.51. The van der Waals surface area contributed by atoms with Crippen LogP contribution in [0.1, 0.15) is 54.4 Å². The van der Waals surface area contributed by atoms with Crippen LogP contribution in [0.2, 0.25) is 0 Å². The highest BCUT2D eigenvalue weighted by molar-refractivity contribution is 6.01. The zero-order valence-corrected chi connectivity index (χ0v) is 13.3. The van der Waals surface area contributed by atoms with Crippen molar-refractivity contribution in [3.63, 3.8) is 0 Å². The van der Waals surface area contributed by atoms with Gasteiger partial charge in [-0.15, -0.1) is 0 Å². The number of rotatable bonds is 5. The lowest BCUT2D eigenvalue weighted by Gasteiger charge is -2.29. The highest BCUT2D eigenvalue weighted by Crippen LogP contribution is 2.33. The maximum Gasteiger partial charge on any atom is 0.326 e. The largest absolute Gasteiger partial charge is 0.480 e. The number of aliphatic carboxylic acids is 1. The second-order valence-corrected chi connectivity index (χ2v) is 6.63. The van der Waals surface area contributed by atoms with Crippen molar-refractivity contribution in [3.8, 4) is 0 Å². The predicted octanol–water partition coefficient (Wildman–Crippen LogP) is 2.97. The van der Waals surface area contributed by atoms with Crippen LogP contribution in [-0.4, -0.2) is 32.8 Å². The van der Waals surface area contributed by atoms with Gasteiger partial charge in [0, 0.05) is 18.7 Å². The Morgan fingerprint density at radius 2 is 2.04 bits per heavy atom. The molecule has 0 bridgehead atoms. The molecule has 7 nitrogen and oxygen atoms in total. The molecular weight excluding hydrogens is 312 g/mol. The maximum absolute atomic E-state index is 12.6. The predicted molar refractivity (Wildman–Crippen MR) is 85.6 cm³/mol. The van der Waals surface area contributed by atoms with Crippen LogP contribution in [0.4, 0.5) is 5.69 Å². The fraction of sp³-hybridized carbons (Fsp3) is 0.529. The summed E-state index contributed by atoms with van der Waals surface area (Å²) in [5.41, 5.74) is 0.752. The van der Waals surface area contributed by atoms with Crippen LogP contribution >= 0.6 is 0 Å². The molecule has 24 heavy (non-hydrogen) atoms.